The van der Waals surface area contributed by atoms with Crippen molar-refractivity contribution in [1.82, 2.24) is 5.32 Å². The van der Waals surface area contributed by atoms with Gasteiger partial charge in [-0.3, -0.25) is 0 Å². The second-order valence-electron chi connectivity index (χ2n) is 5.99. The van der Waals surface area contributed by atoms with E-state index in [0.717, 1.165) is 12.8 Å². The number of nitrogens with one attached hydrogen (secondary N) is 2. The second kappa shape index (κ2) is 7.79. The fourth-order valence-electron chi connectivity index (χ4n) is 2.80. The van der Waals surface area contributed by atoms with E-state index in [1.807, 2.05) is 0 Å². The summed E-state index contributed by atoms with van der Waals surface area (Å²) in [6.07, 6.45) is 3.78. The van der Waals surface area contributed by atoms with Gasteiger partial charge in [0.2, 0.25) is 0 Å². The van der Waals surface area contributed by atoms with E-state index in [4.69, 9.17) is 5.11 Å². The summed E-state index contributed by atoms with van der Waals surface area (Å²) in [7, 11) is -3.33. The Labute approximate surface area is 137 Å². The molecule has 0 unspecified atom stereocenters. The zero-order valence-corrected chi connectivity index (χ0v) is 14.1. The number of urea groups is 1. The Hall–Kier alpha value is -1.60. The van der Waals surface area contributed by atoms with E-state index in [0.29, 0.717) is 24.9 Å². The first-order valence-corrected chi connectivity index (χ1v) is 9.50. The minimum atomic E-state index is -3.33. The smallest absolute Gasteiger partial charge is 0.319 e. The van der Waals surface area contributed by atoms with Crippen LogP contribution in [0.2, 0.25) is 0 Å². The third kappa shape index (κ3) is 4.68. The van der Waals surface area contributed by atoms with Crippen LogP contribution in [-0.4, -0.2) is 37.5 Å². The molecule has 0 heterocycles. The second-order valence-corrected chi connectivity index (χ2v) is 8.22. The molecule has 23 heavy (non-hydrogen) atoms. The van der Waals surface area contributed by atoms with Gasteiger partial charge in [0.05, 0.1) is 10.1 Å². The highest BCUT2D eigenvalue weighted by Gasteiger charge is 2.30. The Morgan fingerprint density at radius 2 is 2.04 bits per heavy atom. The highest BCUT2D eigenvalue weighted by molar-refractivity contribution is 7.92. The largest absolute Gasteiger partial charge is 0.396 e. The van der Waals surface area contributed by atoms with E-state index in [-0.39, 0.29) is 22.8 Å². The number of aliphatic hydroxyl groups is 1. The summed E-state index contributed by atoms with van der Waals surface area (Å²) in [5.74, 6) is 0. The van der Waals surface area contributed by atoms with Crippen LogP contribution >= 0.6 is 0 Å². The van der Waals surface area contributed by atoms with E-state index in [2.05, 4.69) is 10.6 Å². The van der Waals surface area contributed by atoms with Crippen molar-refractivity contribution in [2.75, 3.05) is 11.9 Å². The Morgan fingerprint density at radius 3 is 2.70 bits per heavy atom. The first-order valence-electron chi connectivity index (χ1n) is 7.96. The van der Waals surface area contributed by atoms with E-state index < -0.39 is 15.9 Å². The Morgan fingerprint density at radius 1 is 1.35 bits per heavy atom. The number of rotatable bonds is 6. The minimum Gasteiger partial charge on any atom is -0.396 e. The molecule has 0 aromatic heterocycles. The molecule has 128 valence electrons. The van der Waals surface area contributed by atoms with Crippen LogP contribution in [0.1, 0.15) is 39.0 Å². The van der Waals surface area contributed by atoms with Crippen LogP contribution in [-0.2, 0) is 9.84 Å². The highest BCUT2D eigenvalue weighted by atomic mass is 32.2. The minimum absolute atomic E-state index is 0.00341. The van der Waals surface area contributed by atoms with Gasteiger partial charge in [0, 0.05) is 18.3 Å². The van der Waals surface area contributed by atoms with Gasteiger partial charge in [-0.25, -0.2) is 13.2 Å². The maximum absolute atomic E-state index is 12.6. The quantitative estimate of drug-likeness (QED) is 0.740. The number of sulfone groups is 1. The third-order valence-electron chi connectivity index (χ3n) is 4.10. The van der Waals surface area contributed by atoms with Crippen LogP contribution in [0.5, 0.6) is 0 Å². The predicted octanol–water partition coefficient (Wildman–Crippen LogP) is 2.30. The van der Waals surface area contributed by atoms with Gasteiger partial charge < -0.3 is 15.7 Å². The molecule has 1 saturated carbocycles. The van der Waals surface area contributed by atoms with Crippen molar-refractivity contribution in [2.24, 2.45) is 0 Å². The topological polar surface area (TPSA) is 95.5 Å². The summed E-state index contributed by atoms with van der Waals surface area (Å²) >= 11 is 0. The van der Waals surface area contributed by atoms with Gasteiger partial charge in [-0.05, 0) is 44.4 Å². The molecule has 0 radical (unpaired) electrons. The van der Waals surface area contributed by atoms with Crippen LogP contribution in [0.25, 0.3) is 0 Å². The summed E-state index contributed by atoms with van der Waals surface area (Å²) in [5, 5.41) is 13.8. The van der Waals surface area contributed by atoms with Gasteiger partial charge in [-0.2, -0.15) is 0 Å². The average Bonchev–Trinajstić information content (AvgIpc) is 3.02. The molecule has 3 N–H and O–H groups in total. The molecule has 6 nitrogen and oxygen atoms in total. The van der Waals surface area contributed by atoms with Crippen molar-refractivity contribution in [2.45, 2.75) is 55.2 Å². The van der Waals surface area contributed by atoms with Crippen molar-refractivity contribution in [3.8, 4) is 0 Å². The lowest BCUT2D eigenvalue weighted by Gasteiger charge is -2.15. The summed E-state index contributed by atoms with van der Waals surface area (Å²) in [6, 6.07) is 5.79. The molecule has 0 bridgehead atoms. The highest BCUT2D eigenvalue weighted by Crippen LogP contribution is 2.30. The predicted molar refractivity (Wildman–Crippen MR) is 89.2 cm³/mol. The Balaban J connectivity index is 2.06. The summed E-state index contributed by atoms with van der Waals surface area (Å²) in [6.45, 7) is 1.79. The van der Waals surface area contributed by atoms with E-state index in [1.54, 1.807) is 25.1 Å². The number of carbonyl (C=O) groups excluding carboxylic acids is 1. The maximum atomic E-state index is 12.6. The SMILES string of the molecule is C[C@@H](CCO)NC(=O)Nc1cccc(S(=O)(=O)C2CCCC2)c1. The standard InChI is InChI=1S/C16H24N2O4S/c1-12(9-10-19)17-16(20)18-13-5-4-8-15(11-13)23(21,22)14-6-2-3-7-14/h4-5,8,11-12,14,19H,2-3,6-7,9-10H2,1H3,(H2,17,18,20)/t12-/m0/s1. The zero-order chi connectivity index (χ0) is 16.9. The third-order valence-corrected chi connectivity index (χ3v) is 6.36. The van der Waals surface area contributed by atoms with Crippen LogP contribution in [0.3, 0.4) is 0 Å². The molecule has 1 aromatic carbocycles. The molecule has 0 aliphatic heterocycles. The molecule has 1 atom stereocenters. The van der Waals surface area contributed by atoms with Crippen LogP contribution in [0.4, 0.5) is 10.5 Å². The molecule has 1 fully saturated rings. The number of amides is 2. The average molecular weight is 340 g/mol. The van der Waals surface area contributed by atoms with Crippen LogP contribution < -0.4 is 10.6 Å². The zero-order valence-electron chi connectivity index (χ0n) is 13.3. The normalized spacial score (nSPS) is 17.0. The van der Waals surface area contributed by atoms with Crippen molar-refractivity contribution < 1.29 is 18.3 Å². The molecule has 1 aliphatic carbocycles. The van der Waals surface area contributed by atoms with Gasteiger partial charge >= 0.3 is 6.03 Å². The monoisotopic (exact) mass is 340 g/mol. The maximum Gasteiger partial charge on any atom is 0.319 e. The molecule has 7 heteroatoms. The molecule has 0 spiro atoms. The molecular formula is C16H24N2O4S. The number of carbonyl (C=O) groups is 1. The molecule has 1 aliphatic rings. The van der Waals surface area contributed by atoms with Gasteiger partial charge in [0.1, 0.15) is 0 Å². The summed E-state index contributed by atoms with van der Waals surface area (Å²) < 4.78 is 25.2. The first-order chi connectivity index (χ1) is 10.9. The lowest BCUT2D eigenvalue weighted by Crippen LogP contribution is -2.36. The number of hydrogen-bond donors (Lipinski definition) is 3. The first kappa shape index (κ1) is 17.7. The summed E-state index contributed by atoms with van der Waals surface area (Å²) in [4.78, 5) is 12.1. The number of benzene rings is 1. The number of aliphatic hydroxyl groups excluding tert-OH is 1. The lowest BCUT2D eigenvalue weighted by molar-refractivity contribution is 0.241. The molecule has 0 saturated heterocycles. The Bertz CT molecular complexity index is 639. The fourth-order valence-corrected chi connectivity index (χ4v) is 4.70. The van der Waals surface area contributed by atoms with Crippen LogP contribution in [0, 0.1) is 0 Å². The van der Waals surface area contributed by atoms with Gasteiger partial charge in [-0.15, -0.1) is 0 Å². The molecule has 2 amide bonds. The molecule has 2 rings (SSSR count). The van der Waals surface area contributed by atoms with E-state index in [9.17, 15) is 13.2 Å². The Kier molecular flexibility index (Phi) is 6.01. The number of hydrogen-bond acceptors (Lipinski definition) is 4. The van der Waals surface area contributed by atoms with Crippen molar-refractivity contribution in [3.63, 3.8) is 0 Å². The van der Waals surface area contributed by atoms with Crippen molar-refractivity contribution in [1.29, 1.82) is 0 Å². The van der Waals surface area contributed by atoms with Gasteiger partial charge in [0.15, 0.2) is 9.84 Å². The van der Waals surface area contributed by atoms with E-state index in [1.165, 1.54) is 6.07 Å². The molecule has 1 aromatic rings. The summed E-state index contributed by atoms with van der Waals surface area (Å²) in [5.41, 5.74) is 0.442. The van der Waals surface area contributed by atoms with Gasteiger partial charge in [-0.1, -0.05) is 18.9 Å². The van der Waals surface area contributed by atoms with Gasteiger partial charge in [0.25, 0.3) is 0 Å². The van der Waals surface area contributed by atoms with Crippen molar-refractivity contribution in [3.05, 3.63) is 24.3 Å². The fraction of sp³-hybridized carbons (Fsp3) is 0.562. The number of anilines is 1. The van der Waals surface area contributed by atoms with Crippen molar-refractivity contribution >= 4 is 21.6 Å². The van der Waals surface area contributed by atoms with Crippen LogP contribution in [0.15, 0.2) is 29.2 Å². The van der Waals surface area contributed by atoms with E-state index >= 15 is 0 Å². The molecular weight excluding hydrogens is 316 g/mol. The lowest BCUT2D eigenvalue weighted by atomic mass is 10.2.